The van der Waals surface area contributed by atoms with E-state index in [-0.39, 0.29) is 12.1 Å². The van der Waals surface area contributed by atoms with Crippen LogP contribution in [0.25, 0.3) is 0 Å². The number of nitrogens with zero attached hydrogens (tertiary/aromatic N) is 3. The van der Waals surface area contributed by atoms with Gasteiger partial charge in [0, 0.05) is 31.9 Å². The maximum atomic E-state index is 12.9. The van der Waals surface area contributed by atoms with Crippen molar-refractivity contribution in [1.29, 1.82) is 0 Å². The second-order valence-corrected chi connectivity index (χ2v) is 5.00. The predicted octanol–water partition coefficient (Wildman–Crippen LogP) is 2.68. The smallest absolute Gasteiger partial charge is 0.357 e. The van der Waals surface area contributed by atoms with Crippen LogP contribution in [0.2, 0.25) is 0 Å². The van der Waals surface area contributed by atoms with E-state index < -0.39 is 11.9 Å². The van der Waals surface area contributed by atoms with Crippen molar-refractivity contribution in [3.63, 3.8) is 0 Å². The molecule has 126 valence electrons. The number of hydrogen-bond donors (Lipinski definition) is 2. The summed E-state index contributed by atoms with van der Waals surface area (Å²) in [6.07, 6.45) is 0.112. The Kier molecular flexibility index (Phi) is 7.20. The molecular formula is C14H24F3N5. The van der Waals surface area contributed by atoms with Gasteiger partial charge in [0.05, 0.1) is 6.54 Å². The molecule has 2 N–H and O–H groups in total. The summed E-state index contributed by atoms with van der Waals surface area (Å²) in [6, 6.07) is 0. The molecule has 0 aliphatic rings. The third-order valence-electron chi connectivity index (χ3n) is 3.00. The first-order chi connectivity index (χ1) is 10.4. The third-order valence-corrected chi connectivity index (χ3v) is 3.00. The Labute approximate surface area is 129 Å². The molecule has 0 amide bonds. The molecule has 0 aliphatic heterocycles. The molecule has 0 unspecified atom stereocenters. The third kappa shape index (κ3) is 5.95. The van der Waals surface area contributed by atoms with Gasteiger partial charge in [-0.05, 0) is 13.3 Å². The topological polar surface area (TPSA) is 54.2 Å². The number of rotatable bonds is 7. The molecule has 1 rings (SSSR count). The van der Waals surface area contributed by atoms with Crippen LogP contribution < -0.4 is 10.6 Å². The molecule has 5 nitrogen and oxygen atoms in total. The Morgan fingerprint density at radius 3 is 2.59 bits per heavy atom. The first-order valence-electron chi connectivity index (χ1n) is 7.50. The number of guanidine groups is 1. The van der Waals surface area contributed by atoms with Gasteiger partial charge >= 0.3 is 6.18 Å². The first-order valence-corrected chi connectivity index (χ1v) is 7.50. The average molecular weight is 319 g/mol. The van der Waals surface area contributed by atoms with E-state index in [0.29, 0.717) is 12.5 Å². The van der Waals surface area contributed by atoms with Crippen LogP contribution >= 0.6 is 0 Å². The molecule has 1 heterocycles. The lowest BCUT2D eigenvalue weighted by atomic mass is 10.2. The van der Waals surface area contributed by atoms with Crippen LogP contribution in [0.15, 0.2) is 11.2 Å². The van der Waals surface area contributed by atoms with E-state index in [2.05, 4.69) is 27.6 Å². The molecule has 8 heteroatoms. The zero-order chi connectivity index (χ0) is 16.6. The highest BCUT2D eigenvalue weighted by atomic mass is 19.4. The second kappa shape index (κ2) is 8.65. The molecular weight excluding hydrogens is 295 g/mol. The quantitative estimate of drug-likeness (QED) is 0.461. The van der Waals surface area contributed by atoms with E-state index in [4.69, 9.17) is 0 Å². The van der Waals surface area contributed by atoms with E-state index >= 15 is 0 Å². The largest absolute Gasteiger partial charge is 0.435 e. The molecule has 0 saturated heterocycles. The van der Waals surface area contributed by atoms with Crippen molar-refractivity contribution in [2.24, 2.45) is 12.0 Å². The summed E-state index contributed by atoms with van der Waals surface area (Å²) in [7, 11) is 1.47. The highest BCUT2D eigenvalue weighted by molar-refractivity contribution is 5.79. The van der Waals surface area contributed by atoms with Crippen LogP contribution in [0.4, 0.5) is 13.2 Å². The van der Waals surface area contributed by atoms with Crippen molar-refractivity contribution in [2.45, 2.75) is 45.8 Å². The molecule has 0 fully saturated rings. The summed E-state index contributed by atoms with van der Waals surface area (Å²) in [6.45, 7) is 5.36. The minimum atomic E-state index is -4.46. The highest BCUT2D eigenvalue weighted by Crippen LogP contribution is 2.30. The Hall–Kier alpha value is -1.73. The van der Waals surface area contributed by atoms with Crippen LogP contribution in [-0.4, -0.2) is 28.8 Å². The molecule has 0 spiro atoms. The van der Waals surface area contributed by atoms with Crippen LogP contribution in [0.1, 0.15) is 44.4 Å². The Morgan fingerprint density at radius 1 is 1.27 bits per heavy atom. The van der Waals surface area contributed by atoms with Gasteiger partial charge in [0.25, 0.3) is 0 Å². The molecule has 0 aromatic carbocycles. The van der Waals surface area contributed by atoms with Crippen LogP contribution in [0.5, 0.6) is 0 Å². The lowest BCUT2D eigenvalue weighted by Gasteiger charge is -2.11. The Bertz CT molecular complexity index is 479. The van der Waals surface area contributed by atoms with Crippen molar-refractivity contribution in [1.82, 2.24) is 20.4 Å². The summed E-state index contributed by atoms with van der Waals surface area (Å²) in [4.78, 5) is 4.21. The van der Waals surface area contributed by atoms with Crippen molar-refractivity contribution < 1.29 is 13.2 Å². The minimum absolute atomic E-state index is 0.0637. The molecule has 1 aromatic heterocycles. The average Bonchev–Trinajstić information content (AvgIpc) is 2.82. The normalized spacial score (nSPS) is 12.5. The molecule has 1 aromatic rings. The summed E-state index contributed by atoms with van der Waals surface area (Å²) >= 11 is 0. The standard InChI is InChI=1S/C14H24F3N5/c1-4-6-7-8-19-13(18-5-2)20-9-11-10-22(3)21-12(11)14(15,16)17/h10H,4-9H2,1-3H3,(H2,18,19,20). The van der Waals surface area contributed by atoms with E-state index in [1.54, 1.807) is 0 Å². The van der Waals surface area contributed by atoms with Gasteiger partial charge in [0.15, 0.2) is 11.7 Å². The van der Waals surface area contributed by atoms with Crippen LogP contribution in [0.3, 0.4) is 0 Å². The van der Waals surface area contributed by atoms with Gasteiger partial charge in [0.2, 0.25) is 0 Å². The highest BCUT2D eigenvalue weighted by Gasteiger charge is 2.36. The Balaban J connectivity index is 2.73. The van der Waals surface area contributed by atoms with Gasteiger partial charge in [-0.1, -0.05) is 19.8 Å². The van der Waals surface area contributed by atoms with Crippen molar-refractivity contribution >= 4 is 5.96 Å². The van der Waals surface area contributed by atoms with Gasteiger partial charge in [-0.25, -0.2) is 4.99 Å². The zero-order valence-corrected chi connectivity index (χ0v) is 13.3. The SMILES string of the molecule is CCCCCNC(=NCc1cn(C)nc1C(F)(F)F)NCC. The van der Waals surface area contributed by atoms with E-state index in [0.717, 1.165) is 30.5 Å². The lowest BCUT2D eigenvalue weighted by molar-refractivity contribution is -0.142. The van der Waals surface area contributed by atoms with Crippen LogP contribution in [-0.2, 0) is 19.8 Å². The maximum Gasteiger partial charge on any atom is 0.435 e. The molecule has 0 aliphatic carbocycles. The zero-order valence-electron chi connectivity index (χ0n) is 13.3. The molecule has 0 radical (unpaired) electrons. The van der Waals surface area contributed by atoms with Gasteiger partial charge in [-0.2, -0.15) is 18.3 Å². The monoisotopic (exact) mass is 319 g/mol. The fraction of sp³-hybridized carbons (Fsp3) is 0.714. The first kappa shape index (κ1) is 18.3. The number of aromatic nitrogens is 2. The van der Waals surface area contributed by atoms with E-state index in [9.17, 15) is 13.2 Å². The molecule has 0 atom stereocenters. The number of aliphatic imine (C=N–C) groups is 1. The fourth-order valence-electron chi connectivity index (χ4n) is 1.98. The Morgan fingerprint density at radius 2 is 2.00 bits per heavy atom. The number of hydrogen-bond acceptors (Lipinski definition) is 2. The lowest BCUT2D eigenvalue weighted by Crippen LogP contribution is -2.37. The summed E-state index contributed by atoms with van der Waals surface area (Å²) in [5.41, 5.74) is -0.804. The van der Waals surface area contributed by atoms with Gasteiger partial charge in [0.1, 0.15) is 0 Å². The van der Waals surface area contributed by atoms with Gasteiger partial charge < -0.3 is 10.6 Å². The van der Waals surface area contributed by atoms with Crippen molar-refractivity contribution in [3.05, 3.63) is 17.5 Å². The van der Waals surface area contributed by atoms with Gasteiger partial charge in [-0.3, -0.25) is 4.68 Å². The minimum Gasteiger partial charge on any atom is -0.357 e. The number of halogens is 3. The van der Waals surface area contributed by atoms with Crippen molar-refractivity contribution in [2.75, 3.05) is 13.1 Å². The number of aryl methyl sites for hydroxylation is 1. The summed E-state index contributed by atoms with van der Waals surface area (Å²) in [5, 5.41) is 9.62. The molecule has 0 saturated carbocycles. The molecule has 22 heavy (non-hydrogen) atoms. The molecule has 0 bridgehead atoms. The van der Waals surface area contributed by atoms with Crippen molar-refractivity contribution in [3.8, 4) is 0 Å². The summed E-state index contributed by atoms with van der Waals surface area (Å²) in [5.74, 6) is 0.524. The van der Waals surface area contributed by atoms with Gasteiger partial charge in [-0.15, -0.1) is 0 Å². The van der Waals surface area contributed by atoms with E-state index in [1.807, 2.05) is 6.92 Å². The maximum absolute atomic E-state index is 12.9. The van der Waals surface area contributed by atoms with Crippen LogP contribution in [0, 0.1) is 0 Å². The second-order valence-electron chi connectivity index (χ2n) is 5.00. The van der Waals surface area contributed by atoms with E-state index in [1.165, 1.54) is 13.2 Å². The summed E-state index contributed by atoms with van der Waals surface area (Å²) < 4.78 is 39.8. The fourth-order valence-corrected chi connectivity index (χ4v) is 1.98. The number of unbranched alkanes of at least 4 members (excludes halogenated alkanes) is 2. The predicted molar refractivity (Wildman–Crippen MR) is 80.6 cm³/mol. The number of alkyl halides is 3. The number of nitrogens with one attached hydrogen (secondary N) is 2.